The number of aromatic nitrogens is 2. The third-order valence-corrected chi connectivity index (χ3v) is 6.82. The highest BCUT2D eigenvalue weighted by Gasteiger charge is 2.26. The van der Waals surface area contributed by atoms with E-state index in [9.17, 15) is 0 Å². The van der Waals surface area contributed by atoms with Gasteiger partial charge in [0.1, 0.15) is 5.82 Å². The monoisotopic (exact) mass is 465 g/mol. The molecular formula is C27H36ClN5. The summed E-state index contributed by atoms with van der Waals surface area (Å²) in [6, 6.07) is 16.9. The van der Waals surface area contributed by atoms with Gasteiger partial charge in [-0.3, -0.25) is 4.90 Å². The van der Waals surface area contributed by atoms with Crippen molar-refractivity contribution in [3.8, 4) is 5.69 Å². The fourth-order valence-electron chi connectivity index (χ4n) is 4.57. The zero-order valence-corrected chi connectivity index (χ0v) is 21.1. The summed E-state index contributed by atoms with van der Waals surface area (Å²) in [5.41, 5.74) is 6.24. The van der Waals surface area contributed by atoms with Gasteiger partial charge in [0.15, 0.2) is 0 Å². The molecule has 3 aromatic rings. The van der Waals surface area contributed by atoms with Crippen LogP contribution < -0.4 is 4.90 Å². The average molecular weight is 466 g/mol. The lowest BCUT2D eigenvalue weighted by Gasteiger charge is -2.35. The number of hydrogen-bond donors (Lipinski definition) is 0. The lowest BCUT2D eigenvalue weighted by atomic mass is 10.1. The number of benzene rings is 2. The molecule has 1 saturated heterocycles. The Morgan fingerprint density at radius 3 is 2.33 bits per heavy atom. The van der Waals surface area contributed by atoms with E-state index < -0.39 is 0 Å². The van der Waals surface area contributed by atoms with Gasteiger partial charge in [0.05, 0.1) is 11.4 Å². The van der Waals surface area contributed by atoms with E-state index in [4.69, 9.17) is 16.7 Å². The van der Waals surface area contributed by atoms with Crippen molar-refractivity contribution in [2.75, 3.05) is 44.7 Å². The van der Waals surface area contributed by atoms with E-state index in [0.717, 1.165) is 62.9 Å². The minimum Gasteiger partial charge on any atom is -0.354 e. The Balaban J connectivity index is 1.72. The zero-order chi connectivity index (χ0) is 23.4. The van der Waals surface area contributed by atoms with Crippen LogP contribution in [0.25, 0.3) is 5.69 Å². The summed E-state index contributed by atoms with van der Waals surface area (Å²) >= 11 is 6.11. The summed E-state index contributed by atoms with van der Waals surface area (Å²) < 4.78 is 2.20. The summed E-state index contributed by atoms with van der Waals surface area (Å²) in [7, 11) is 2.21. The van der Waals surface area contributed by atoms with Gasteiger partial charge in [-0.25, -0.2) is 4.68 Å². The summed E-state index contributed by atoms with van der Waals surface area (Å²) in [4.78, 5) is 7.45. The lowest BCUT2D eigenvalue weighted by molar-refractivity contribution is 0.270. The standard InChI is InChI=1S/C27H36ClN5/c1-5-26-25(20-31(6-2)19-22-10-12-23(28)13-11-22)27(32-16-14-30(4)15-17-32)33(29-26)24-9-7-8-21(3)18-24/h7-13,18H,5-6,14-17,19-20H2,1-4H3. The summed E-state index contributed by atoms with van der Waals surface area (Å²) in [5.74, 6) is 1.26. The average Bonchev–Trinajstić information content (AvgIpc) is 3.18. The molecule has 0 atom stereocenters. The second-order valence-corrected chi connectivity index (χ2v) is 9.51. The number of nitrogens with zero attached hydrogens (tertiary/aromatic N) is 5. The van der Waals surface area contributed by atoms with Crippen LogP contribution in [-0.4, -0.2) is 59.4 Å². The van der Waals surface area contributed by atoms with E-state index in [0.29, 0.717) is 0 Å². The van der Waals surface area contributed by atoms with Gasteiger partial charge in [-0.1, -0.05) is 49.7 Å². The van der Waals surface area contributed by atoms with E-state index in [1.165, 1.54) is 28.2 Å². The quantitative estimate of drug-likeness (QED) is 0.458. The van der Waals surface area contributed by atoms with E-state index in [-0.39, 0.29) is 0 Å². The maximum atomic E-state index is 6.11. The van der Waals surface area contributed by atoms with Crippen LogP contribution >= 0.6 is 11.6 Å². The molecule has 0 unspecified atom stereocenters. The molecule has 5 nitrogen and oxygen atoms in total. The van der Waals surface area contributed by atoms with Gasteiger partial charge >= 0.3 is 0 Å². The van der Waals surface area contributed by atoms with Gasteiger partial charge < -0.3 is 9.80 Å². The molecule has 1 fully saturated rings. The van der Waals surface area contributed by atoms with Gasteiger partial charge in [-0.15, -0.1) is 0 Å². The van der Waals surface area contributed by atoms with Crippen LogP contribution in [0.2, 0.25) is 5.02 Å². The number of halogens is 1. The number of aryl methyl sites for hydroxylation is 2. The molecular weight excluding hydrogens is 430 g/mol. The molecule has 33 heavy (non-hydrogen) atoms. The van der Waals surface area contributed by atoms with Crippen LogP contribution in [-0.2, 0) is 19.5 Å². The Morgan fingerprint density at radius 2 is 1.70 bits per heavy atom. The molecule has 4 rings (SSSR count). The second kappa shape index (κ2) is 10.7. The van der Waals surface area contributed by atoms with Crippen LogP contribution in [0.15, 0.2) is 48.5 Å². The molecule has 0 aliphatic carbocycles. The molecule has 0 bridgehead atoms. The summed E-state index contributed by atoms with van der Waals surface area (Å²) in [5, 5.41) is 5.94. The van der Waals surface area contributed by atoms with Gasteiger partial charge in [0, 0.05) is 49.9 Å². The van der Waals surface area contributed by atoms with Crippen LogP contribution in [0.5, 0.6) is 0 Å². The van der Waals surface area contributed by atoms with Crippen molar-refractivity contribution < 1.29 is 0 Å². The number of anilines is 1. The Bertz CT molecular complexity index is 1050. The van der Waals surface area contributed by atoms with Crippen LogP contribution in [0.1, 0.15) is 36.2 Å². The number of likely N-dealkylation sites (N-methyl/N-ethyl adjacent to an activating group) is 1. The molecule has 0 N–H and O–H groups in total. The van der Waals surface area contributed by atoms with Crippen molar-refractivity contribution in [1.29, 1.82) is 0 Å². The highest BCUT2D eigenvalue weighted by molar-refractivity contribution is 6.30. The SMILES string of the molecule is CCc1nn(-c2cccc(C)c2)c(N2CCN(C)CC2)c1CN(CC)Cc1ccc(Cl)cc1. The molecule has 0 amide bonds. The Kier molecular flexibility index (Phi) is 7.74. The highest BCUT2D eigenvalue weighted by Crippen LogP contribution is 2.31. The Labute approximate surface area is 203 Å². The first kappa shape index (κ1) is 23.8. The number of piperazine rings is 1. The van der Waals surface area contributed by atoms with Crippen LogP contribution in [0.3, 0.4) is 0 Å². The first-order chi connectivity index (χ1) is 16.0. The second-order valence-electron chi connectivity index (χ2n) is 9.07. The maximum Gasteiger partial charge on any atom is 0.137 e. The number of hydrogen-bond acceptors (Lipinski definition) is 4. The van der Waals surface area contributed by atoms with E-state index in [1.807, 2.05) is 12.1 Å². The summed E-state index contributed by atoms with van der Waals surface area (Å²) in [6.07, 6.45) is 0.924. The zero-order valence-electron chi connectivity index (χ0n) is 20.4. The molecule has 176 valence electrons. The van der Waals surface area contributed by atoms with E-state index in [2.05, 4.69) is 83.6 Å². The predicted molar refractivity (Wildman–Crippen MR) is 139 cm³/mol. The van der Waals surface area contributed by atoms with Crippen molar-refractivity contribution in [2.45, 2.75) is 40.3 Å². The Hall–Kier alpha value is -2.34. The molecule has 1 aliphatic heterocycles. The fourth-order valence-corrected chi connectivity index (χ4v) is 4.69. The Morgan fingerprint density at radius 1 is 0.970 bits per heavy atom. The molecule has 2 heterocycles. The van der Waals surface area contributed by atoms with Crippen LogP contribution in [0.4, 0.5) is 5.82 Å². The highest BCUT2D eigenvalue weighted by atomic mass is 35.5. The molecule has 0 saturated carbocycles. The van der Waals surface area contributed by atoms with Gasteiger partial charge in [0.25, 0.3) is 0 Å². The van der Waals surface area contributed by atoms with Crippen molar-refractivity contribution in [3.63, 3.8) is 0 Å². The van der Waals surface area contributed by atoms with Gasteiger partial charge in [-0.05, 0) is 62.3 Å². The molecule has 2 aromatic carbocycles. The van der Waals surface area contributed by atoms with Gasteiger partial charge in [0.2, 0.25) is 0 Å². The predicted octanol–water partition coefficient (Wildman–Crippen LogP) is 5.17. The van der Waals surface area contributed by atoms with E-state index in [1.54, 1.807) is 0 Å². The van der Waals surface area contributed by atoms with Crippen LogP contribution in [0, 0.1) is 6.92 Å². The smallest absolute Gasteiger partial charge is 0.137 e. The first-order valence-corrected chi connectivity index (χ1v) is 12.4. The van der Waals surface area contributed by atoms with Crippen molar-refractivity contribution in [3.05, 3.63) is 75.9 Å². The first-order valence-electron chi connectivity index (χ1n) is 12.1. The largest absolute Gasteiger partial charge is 0.354 e. The topological polar surface area (TPSA) is 27.5 Å². The third kappa shape index (κ3) is 5.60. The fraction of sp³-hybridized carbons (Fsp3) is 0.444. The maximum absolute atomic E-state index is 6.11. The van der Waals surface area contributed by atoms with Crippen molar-refractivity contribution in [2.24, 2.45) is 0 Å². The molecule has 1 aromatic heterocycles. The lowest BCUT2D eigenvalue weighted by Crippen LogP contribution is -2.45. The molecule has 1 aliphatic rings. The van der Waals surface area contributed by atoms with Gasteiger partial charge in [-0.2, -0.15) is 5.10 Å². The minimum absolute atomic E-state index is 0.784. The molecule has 0 spiro atoms. The van der Waals surface area contributed by atoms with E-state index >= 15 is 0 Å². The number of rotatable bonds is 8. The normalized spacial score (nSPS) is 14.9. The third-order valence-electron chi connectivity index (χ3n) is 6.57. The minimum atomic E-state index is 0.784. The summed E-state index contributed by atoms with van der Waals surface area (Å²) in [6.45, 7) is 13.5. The molecule has 0 radical (unpaired) electrons. The van der Waals surface area contributed by atoms with Crippen molar-refractivity contribution in [1.82, 2.24) is 19.6 Å². The van der Waals surface area contributed by atoms with Crippen molar-refractivity contribution >= 4 is 17.4 Å². The molecule has 6 heteroatoms.